The average Bonchev–Trinajstić information content (AvgIpc) is 2.76. The SMILES string of the molecule is Cc1ccnc(-c2[c-]ccc3c2C(C)(C)c2ccccc2-3)n1.[Ir]. The Morgan fingerprint density at radius 3 is 2.57 bits per heavy atom. The summed E-state index contributed by atoms with van der Waals surface area (Å²) in [5, 5.41) is 0. The van der Waals surface area contributed by atoms with Gasteiger partial charge in [0.15, 0.2) is 0 Å². The minimum absolute atomic E-state index is 0. The summed E-state index contributed by atoms with van der Waals surface area (Å²) in [4.78, 5) is 9.08. The summed E-state index contributed by atoms with van der Waals surface area (Å²) in [6.07, 6.45) is 1.82. The molecule has 2 aromatic carbocycles. The fourth-order valence-electron chi connectivity index (χ4n) is 3.52. The Kier molecular flexibility index (Phi) is 3.95. The third-order valence-corrected chi connectivity index (χ3v) is 4.53. The summed E-state index contributed by atoms with van der Waals surface area (Å²) in [6.45, 7) is 6.53. The molecule has 0 N–H and O–H groups in total. The summed E-state index contributed by atoms with van der Waals surface area (Å²) in [5.74, 6) is 0.762. The molecule has 0 saturated heterocycles. The molecule has 0 saturated carbocycles. The monoisotopic (exact) mass is 478 g/mol. The van der Waals surface area contributed by atoms with Crippen molar-refractivity contribution >= 4 is 0 Å². The maximum absolute atomic E-state index is 4.61. The first kappa shape index (κ1) is 16.0. The molecular formula is C20H17IrN2-. The van der Waals surface area contributed by atoms with Crippen LogP contribution in [0.25, 0.3) is 22.5 Å². The number of benzene rings is 2. The van der Waals surface area contributed by atoms with E-state index in [1.54, 1.807) is 0 Å². The van der Waals surface area contributed by atoms with Gasteiger partial charge in [-0.15, -0.1) is 29.3 Å². The van der Waals surface area contributed by atoms with E-state index in [0.717, 1.165) is 17.1 Å². The van der Waals surface area contributed by atoms with E-state index >= 15 is 0 Å². The van der Waals surface area contributed by atoms with Crippen molar-refractivity contribution in [3.05, 3.63) is 71.5 Å². The predicted octanol–water partition coefficient (Wildman–Crippen LogP) is 4.56. The normalized spacial score (nSPS) is 13.9. The van der Waals surface area contributed by atoms with Crippen LogP contribution in [0.2, 0.25) is 0 Å². The Balaban J connectivity index is 0.00000156. The van der Waals surface area contributed by atoms with Gasteiger partial charge in [0, 0.05) is 32.0 Å². The van der Waals surface area contributed by atoms with Crippen molar-refractivity contribution in [1.29, 1.82) is 0 Å². The van der Waals surface area contributed by atoms with Crippen LogP contribution in [0.3, 0.4) is 0 Å². The minimum atomic E-state index is -0.0634. The van der Waals surface area contributed by atoms with E-state index < -0.39 is 0 Å². The second-order valence-electron chi connectivity index (χ2n) is 6.33. The van der Waals surface area contributed by atoms with Crippen molar-refractivity contribution in [1.82, 2.24) is 9.97 Å². The van der Waals surface area contributed by atoms with Gasteiger partial charge in [-0.1, -0.05) is 43.7 Å². The molecule has 0 bridgehead atoms. The van der Waals surface area contributed by atoms with Crippen LogP contribution in [-0.2, 0) is 25.5 Å². The van der Waals surface area contributed by atoms with E-state index in [0.29, 0.717) is 0 Å². The Bertz CT molecular complexity index is 884. The Morgan fingerprint density at radius 1 is 1.00 bits per heavy atom. The van der Waals surface area contributed by atoms with Crippen molar-refractivity contribution in [3.8, 4) is 22.5 Å². The quantitative estimate of drug-likeness (QED) is 0.481. The third-order valence-electron chi connectivity index (χ3n) is 4.53. The van der Waals surface area contributed by atoms with Gasteiger partial charge in [0.05, 0.1) is 5.82 Å². The summed E-state index contributed by atoms with van der Waals surface area (Å²) in [7, 11) is 0. The molecule has 1 aliphatic carbocycles. The van der Waals surface area contributed by atoms with Gasteiger partial charge in [-0.2, -0.15) is 0 Å². The maximum atomic E-state index is 4.61. The average molecular weight is 478 g/mol. The van der Waals surface area contributed by atoms with Gasteiger partial charge in [0.1, 0.15) is 0 Å². The van der Waals surface area contributed by atoms with E-state index in [4.69, 9.17) is 0 Å². The molecule has 3 aromatic rings. The topological polar surface area (TPSA) is 25.8 Å². The third kappa shape index (κ3) is 2.36. The second kappa shape index (κ2) is 5.67. The molecule has 117 valence electrons. The van der Waals surface area contributed by atoms with Gasteiger partial charge < -0.3 is 0 Å². The van der Waals surface area contributed by atoms with E-state index in [-0.39, 0.29) is 25.5 Å². The van der Waals surface area contributed by atoms with Crippen LogP contribution >= 0.6 is 0 Å². The van der Waals surface area contributed by atoms with Crippen LogP contribution in [0.4, 0.5) is 0 Å². The fraction of sp³-hybridized carbons (Fsp3) is 0.200. The first-order valence-electron chi connectivity index (χ1n) is 7.54. The van der Waals surface area contributed by atoms with Gasteiger partial charge in [0.2, 0.25) is 0 Å². The molecule has 2 nitrogen and oxygen atoms in total. The standard InChI is InChI=1S/C20H17N2.Ir/c1-13-11-12-21-19(22-13)16-9-6-8-15-14-7-4-5-10-17(14)20(2,3)18(15)16;/h4-8,10-12H,1-3H3;/q-1;. The number of fused-ring (bicyclic) bond motifs is 3. The summed E-state index contributed by atoms with van der Waals surface area (Å²) < 4.78 is 0. The molecule has 3 heteroatoms. The van der Waals surface area contributed by atoms with E-state index in [1.807, 2.05) is 25.3 Å². The summed E-state index contributed by atoms with van der Waals surface area (Å²) in [5.41, 5.74) is 7.16. The van der Waals surface area contributed by atoms with Crippen LogP contribution in [0.15, 0.2) is 48.7 Å². The van der Waals surface area contributed by atoms with E-state index in [1.165, 1.54) is 22.3 Å². The number of aromatic nitrogens is 2. The van der Waals surface area contributed by atoms with Crippen molar-refractivity contribution in [2.75, 3.05) is 0 Å². The van der Waals surface area contributed by atoms with E-state index in [2.05, 4.69) is 60.2 Å². The number of hydrogen-bond acceptors (Lipinski definition) is 2. The molecule has 0 atom stereocenters. The summed E-state index contributed by atoms with van der Waals surface area (Å²) in [6, 6.07) is 18.1. The van der Waals surface area contributed by atoms with Gasteiger partial charge in [-0.25, -0.2) is 0 Å². The summed E-state index contributed by atoms with van der Waals surface area (Å²) >= 11 is 0. The Labute approximate surface area is 150 Å². The molecule has 1 radical (unpaired) electrons. The van der Waals surface area contributed by atoms with Crippen molar-refractivity contribution < 1.29 is 20.1 Å². The van der Waals surface area contributed by atoms with E-state index in [9.17, 15) is 0 Å². The molecule has 0 spiro atoms. The molecule has 1 aromatic heterocycles. The zero-order valence-corrected chi connectivity index (χ0v) is 15.7. The molecule has 0 fully saturated rings. The molecule has 4 rings (SSSR count). The number of aryl methyl sites for hydroxylation is 1. The van der Waals surface area contributed by atoms with Gasteiger partial charge in [0.25, 0.3) is 0 Å². The molecule has 1 heterocycles. The molecular weight excluding hydrogens is 460 g/mol. The van der Waals surface area contributed by atoms with Crippen molar-refractivity contribution in [2.24, 2.45) is 0 Å². The van der Waals surface area contributed by atoms with Crippen LogP contribution in [0, 0.1) is 13.0 Å². The molecule has 0 aliphatic heterocycles. The zero-order chi connectivity index (χ0) is 15.3. The molecule has 1 aliphatic rings. The van der Waals surface area contributed by atoms with Crippen molar-refractivity contribution in [2.45, 2.75) is 26.2 Å². The predicted molar refractivity (Wildman–Crippen MR) is 88.6 cm³/mol. The van der Waals surface area contributed by atoms with Crippen LogP contribution < -0.4 is 0 Å². The largest absolute Gasteiger partial charge is 0.285 e. The number of hydrogen-bond donors (Lipinski definition) is 0. The molecule has 0 unspecified atom stereocenters. The fourth-order valence-corrected chi connectivity index (χ4v) is 3.52. The maximum Gasteiger partial charge on any atom is 0.0754 e. The van der Waals surface area contributed by atoms with Crippen LogP contribution in [0.1, 0.15) is 30.7 Å². The van der Waals surface area contributed by atoms with Gasteiger partial charge in [-0.3, -0.25) is 9.97 Å². The number of rotatable bonds is 1. The first-order chi connectivity index (χ1) is 10.6. The van der Waals surface area contributed by atoms with Gasteiger partial charge >= 0.3 is 0 Å². The first-order valence-corrected chi connectivity index (χ1v) is 7.54. The number of nitrogens with zero attached hydrogens (tertiary/aromatic N) is 2. The zero-order valence-electron chi connectivity index (χ0n) is 13.3. The van der Waals surface area contributed by atoms with Crippen LogP contribution in [0.5, 0.6) is 0 Å². The van der Waals surface area contributed by atoms with Gasteiger partial charge in [-0.05, 0) is 29.5 Å². The Hall–Kier alpha value is -1.83. The molecule has 0 amide bonds. The van der Waals surface area contributed by atoms with Crippen LogP contribution in [-0.4, -0.2) is 9.97 Å². The molecule has 23 heavy (non-hydrogen) atoms. The Morgan fingerprint density at radius 2 is 1.78 bits per heavy atom. The van der Waals surface area contributed by atoms with Crippen molar-refractivity contribution in [3.63, 3.8) is 0 Å². The smallest absolute Gasteiger partial charge is 0.0754 e. The minimum Gasteiger partial charge on any atom is -0.285 e. The second-order valence-corrected chi connectivity index (χ2v) is 6.33.